The minimum Gasteiger partial charge on any atom is -0.355 e. The molecule has 1 unspecified atom stereocenters. The molecule has 0 radical (unpaired) electrons. The second kappa shape index (κ2) is 7.15. The molecule has 1 aromatic carbocycles. The highest BCUT2D eigenvalue weighted by molar-refractivity contribution is 7.99. The number of amides is 1. The lowest BCUT2D eigenvalue weighted by Gasteiger charge is -2.10. The van der Waals surface area contributed by atoms with Crippen molar-refractivity contribution in [3.05, 3.63) is 35.1 Å². The summed E-state index contributed by atoms with van der Waals surface area (Å²) in [7, 11) is 0. The van der Waals surface area contributed by atoms with E-state index in [-0.39, 0.29) is 11.2 Å². The van der Waals surface area contributed by atoms with Gasteiger partial charge in [-0.3, -0.25) is 4.79 Å². The van der Waals surface area contributed by atoms with Crippen molar-refractivity contribution in [1.29, 1.82) is 0 Å². The van der Waals surface area contributed by atoms with E-state index in [1.807, 2.05) is 12.1 Å². The molecule has 1 amide bonds. The molecule has 0 bridgehead atoms. The van der Waals surface area contributed by atoms with Crippen LogP contribution in [0.1, 0.15) is 25.1 Å². The Bertz CT molecular complexity index is 644. The van der Waals surface area contributed by atoms with Gasteiger partial charge in [-0.1, -0.05) is 23.2 Å². The molecule has 0 aliphatic carbocycles. The first-order valence-electron chi connectivity index (χ1n) is 7.20. The third-order valence-corrected chi connectivity index (χ3v) is 4.99. The van der Waals surface area contributed by atoms with E-state index in [0.29, 0.717) is 22.5 Å². The maximum atomic E-state index is 11.9. The Hall–Kier alpha value is -1.53. The smallest absolute Gasteiger partial charge is 0.257 e. The number of nitrogens with zero attached hydrogens (tertiary/aromatic N) is 2. The average molecular weight is 338 g/mol. The van der Waals surface area contributed by atoms with Gasteiger partial charge in [-0.05, 0) is 37.1 Å². The van der Waals surface area contributed by atoms with Gasteiger partial charge in [-0.25, -0.2) is 0 Å². The van der Waals surface area contributed by atoms with Gasteiger partial charge in [-0.15, -0.1) is 11.8 Å². The molecular formula is C15H16ClN3O2S. The van der Waals surface area contributed by atoms with Gasteiger partial charge in [-0.2, -0.15) is 4.98 Å². The van der Waals surface area contributed by atoms with E-state index < -0.39 is 0 Å². The molecule has 1 saturated heterocycles. The van der Waals surface area contributed by atoms with Gasteiger partial charge in [0.2, 0.25) is 5.91 Å². The number of rotatable bonds is 4. The number of benzene rings is 1. The number of hydrogen-bond acceptors (Lipinski definition) is 5. The maximum Gasteiger partial charge on any atom is 0.257 e. The maximum absolute atomic E-state index is 11.9. The molecular weight excluding hydrogens is 322 g/mol. The summed E-state index contributed by atoms with van der Waals surface area (Å²) in [6.07, 6.45) is 3.02. The number of hydrogen-bond donors (Lipinski definition) is 1. The van der Waals surface area contributed by atoms with Crippen LogP contribution in [0.15, 0.2) is 28.8 Å². The first-order chi connectivity index (χ1) is 10.7. The van der Waals surface area contributed by atoms with Crippen molar-refractivity contribution >= 4 is 29.3 Å². The van der Waals surface area contributed by atoms with Gasteiger partial charge in [0.15, 0.2) is 5.82 Å². The van der Waals surface area contributed by atoms with E-state index in [1.165, 1.54) is 0 Å². The Morgan fingerprint density at radius 2 is 2.14 bits per heavy atom. The lowest BCUT2D eigenvalue weighted by Crippen LogP contribution is -2.30. The Morgan fingerprint density at radius 1 is 1.32 bits per heavy atom. The summed E-state index contributed by atoms with van der Waals surface area (Å²) in [5, 5.41) is 7.54. The first kappa shape index (κ1) is 15.4. The van der Waals surface area contributed by atoms with E-state index in [0.717, 1.165) is 31.4 Å². The van der Waals surface area contributed by atoms with E-state index in [1.54, 1.807) is 23.9 Å². The number of nitrogens with one attached hydrogen (secondary N) is 1. The van der Waals surface area contributed by atoms with Crippen molar-refractivity contribution in [2.45, 2.75) is 30.3 Å². The Morgan fingerprint density at radius 3 is 2.95 bits per heavy atom. The molecule has 0 spiro atoms. The molecule has 7 heteroatoms. The van der Waals surface area contributed by atoms with Crippen molar-refractivity contribution in [2.24, 2.45) is 0 Å². The molecule has 5 nitrogen and oxygen atoms in total. The topological polar surface area (TPSA) is 68.0 Å². The monoisotopic (exact) mass is 337 g/mol. The number of halogens is 1. The van der Waals surface area contributed by atoms with Gasteiger partial charge in [0.1, 0.15) is 0 Å². The number of carbonyl (C=O) groups excluding carboxylic acids is 1. The second-order valence-corrected chi connectivity index (χ2v) is 6.74. The predicted molar refractivity (Wildman–Crippen MR) is 86.7 cm³/mol. The summed E-state index contributed by atoms with van der Waals surface area (Å²) < 4.78 is 5.26. The SMILES string of the molecule is O=C1NCCCCC1SCc1noc(-c2ccc(Cl)cc2)n1. The Labute approximate surface area is 137 Å². The fourth-order valence-electron chi connectivity index (χ4n) is 2.27. The highest BCUT2D eigenvalue weighted by atomic mass is 35.5. The van der Waals surface area contributed by atoms with Crippen molar-refractivity contribution in [3.63, 3.8) is 0 Å². The fraction of sp³-hybridized carbons (Fsp3) is 0.400. The van der Waals surface area contributed by atoms with Crippen molar-refractivity contribution < 1.29 is 9.32 Å². The molecule has 22 heavy (non-hydrogen) atoms. The zero-order valence-electron chi connectivity index (χ0n) is 11.9. The highest BCUT2D eigenvalue weighted by Crippen LogP contribution is 2.25. The van der Waals surface area contributed by atoms with Crippen LogP contribution in [0, 0.1) is 0 Å². The summed E-state index contributed by atoms with van der Waals surface area (Å²) in [6.45, 7) is 0.777. The van der Waals surface area contributed by atoms with E-state index in [9.17, 15) is 4.79 Å². The van der Waals surface area contributed by atoms with Crippen LogP contribution in [-0.2, 0) is 10.5 Å². The normalized spacial score (nSPS) is 18.8. The standard InChI is InChI=1S/C15H16ClN3O2S/c16-11-6-4-10(5-7-11)15-18-13(19-21-15)9-22-12-3-1-2-8-17-14(12)20/h4-7,12H,1-3,8-9H2,(H,17,20). The number of thioether (sulfide) groups is 1. The third-order valence-electron chi connectivity index (χ3n) is 3.46. The molecule has 1 aliphatic heterocycles. The number of carbonyl (C=O) groups is 1. The highest BCUT2D eigenvalue weighted by Gasteiger charge is 2.22. The molecule has 1 N–H and O–H groups in total. The summed E-state index contributed by atoms with van der Waals surface area (Å²) in [5.74, 6) is 1.75. The van der Waals surface area contributed by atoms with Gasteiger partial charge in [0.25, 0.3) is 5.89 Å². The van der Waals surface area contributed by atoms with Crippen molar-refractivity contribution in [3.8, 4) is 11.5 Å². The van der Waals surface area contributed by atoms with Crippen LogP contribution in [-0.4, -0.2) is 27.8 Å². The molecule has 2 aromatic rings. The summed E-state index contributed by atoms with van der Waals surface area (Å²) >= 11 is 7.42. The fourth-order valence-corrected chi connectivity index (χ4v) is 3.43. The molecule has 3 rings (SSSR count). The van der Waals surface area contributed by atoms with Crippen LogP contribution in [0.25, 0.3) is 11.5 Å². The van der Waals surface area contributed by atoms with Gasteiger partial charge in [0.05, 0.1) is 11.0 Å². The molecule has 1 atom stereocenters. The Kier molecular flexibility index (Phi) is 5.00. The largest absolute Gasteiger partial charge is 0.355 e. The molecule has 2 heterocycles. The summed E-state index contributed by atoms with van der Waals surface area (Å²) in [4.78, 5) is 16.3. The summed E-state index contributed by atoms with van der Waals surface area (Å²) in [6, 6.07) is 7.24. The van der Waals surface area contributed by atoms with Crippen LogP contribution in [0.5, 0.6) is 0 Å². The van der Waals surface area contributed by atoms with E-state index in [4.69, 9.17) is 16.1 Å². The zero-order valence-corrected chi connectivity index (χ0v) is 13.5. The zero-order chi connectivity index (χ0) is 15.4. The predicted octanol–water partition coefficient (Wildman–Crippen LogP) is 3.29. The third kappa shape index (κ3) is 3.81. The molecule has 1 aliphatic rings. The minimum atomic E-state index is -0.0278. The van der Waals surface area contributed by atoms with Gasteiger partial charge in [0, 0.05) is 17.1 Å². The van der Waals surface area contributed by atoms with Gasteiger partial charge >= 0.3 is 0 Å². The lowest BCUT2D eigenvalue weighted by atomic mass is 10.2. The number of aromatic nitrogens is 2. The minimum absolute atomic E-state index is 0.0278. The lowest BCUT2D eigenvalue weighted by molar-refractivity contribution is -0.120. The molecule has 1 fully saturated rings. The quantitative estimate of drug-likeness (QED) is 0.927. The van der Waals surface area contributed by atoms with E-state index in [2.05, 4.69) is 15.5 Å². The van der Waals surface area contributed by atoms with Crippen LogP contribution in [0.3, 0.4) is 0 Å². The van der Waals surface area contributed by atoms with Crippen molar-refractivity contribution in [1.82, 2.24) is 15.5 Å². The summed E-state index contributed by atoms with van der Waals surface area (Å²) in [5.41, 5.74) is 0.834. The van der Waals surface area contributed by atoms with Crippen LogP contribution >= 0.6 is 23.4 Å². The second-order valence-electron chi connectivity index (χ2n) is 5.11. The first-order valence-corrected chi connectivity index (χ1v) is 8.63. The molecule has 116 valence electrons. The van der Waals surface area contributed by atoms with Crippen LogP contribution in [0.4, 0.5) is 0 Å². The van der Waals surface area contributed by atoms with Crippen LogP contribution in [0.2, 0.25) is 5.02 Å². The van der Waals surface area contributed by atoms with Gasteiger partial charge < -0.3 is 9.84 Å². The molecule has 0 saturated carbocycles. The van der Waals surface area contributed by atoms with E-state index >= 15 is 0 Å². The van der Waals surface area contributed by atoms with Crippen molar-refractivity contribution in [2.75, 3.05) is 6.54 Å². The average Bonchev–Trinajstić information content (AvgIpc) is 2.90. The molecule has 1 aromatic heterocycles. The Balaban J connectivity index is 1.62. The van der Waals surface area contributed by atoms with Crippen LogP contribution < -0.4 is 5.32 Å².